The Morgan fingerprint density at radius 3 is 2.48 bits per heavy atom. The number of methoxy groups -OCH3 is 2. The molecule has 1 aromatic heterocycles. The molecule has 1 aliphatic heterocycles. The maximum Gasteiger partial charge on any atom is 0.269 e. The summed E-state index contributed by atoms with van der Waals surface area (Å²) in [6, 6.07) is 12.8. The molecule has 172 valence electrons. The van der Waals surface area contributed by atoms with E-state index in [9.17, 15) is 9.59 Å². The van der Waals surface area contributed by atoms with Gasteiger partial charge in [-0.05, 0) is 42.0 Å². The van der Waals surface area contributed by atoms with Gasteiger partial charge in [0.1, 0.15) is 23.3 Å². The summed E-state index contributed by atoms with van der Waals surface area (Å²) in [6.45, 7) is 0.321. The lowest BCUT2D eigenvalue weighted by Crippen LogP contribution is -2.60. The monoisotopic (exact) mass is 470 g/mol. The summed E-state index contributed by atoms with van der Waals surface area (Å²) < 4.78 is 16.2. The molecule has 0 spiro atoms. The van der Waals surface area contributed by atoms with Gasteiger partial charge in [0.05, 0.1) is 37.9 Å². The fourth-order valence-electron chi connectivity index (χ4n) is 3.58. The molecule has 0 aliphatic carbocycles. The Bertz CT molecular complexity index is 1120. The van der Waals surface area contributed by atoms with Crippen LogP contribution in [-0.4, -0.2) is 55.0 Å². The molecule has 1 fully saturated rings. The molecule has 33 heavy (non-hydrogen) atoms. The second kappa shape index (κ2) is 9.93. The van der Waals surface area contributed by atoms with Crippen LogP contribution in [0.3, 0.4) is 0 Å². The van der Waals surface area contributed by atoms with E-state index in [4.69, 9.17) is 25.8 Å². The van der Waals surface area contributed by atoms with Crippen molar-refractivity contribution < 1.29 is 23.8 Å². The molecule has 3 atom stereocenters. The number of aromatic nitrogens is 2. The Hall–Kier alpha value is -3.56. The van der Waals surface area contributed by atoms with Gasteiger partial charge in [-0.2, -0.15) is 5.10 Å². The van der Waals surface area contributed by atoms with Gasteiger partial charge in [-0.3, -0.25) is 14.7 Å². The molecule has 4 rings (SSSR count). The third kappa shape index (κ3) is 4.94. The first-order valence-electron chi connectivity index (χ1n) is 10.2. The van der Waals surface area contributed by atoms with Crippen molar-refractivity contribution >= 4 is 23.4 Å². The van der Waals surface area contributed by atoms with E-state index >= 15 is 0 Å². The number of ether oxygens (including phenoxy) is 3. The van der Waals surface area contributed by atoms with E-state index in [-0.39, 0.29) is 17.9 Å². The number of halogens is 1. The average molecular weight is 471 g/mol. The Morgan fingerprint density at radius 1 is 1.12 bits per heavy atom. The standard InChI is InChI=1S/C23H23ClN4O5/c1-31-15-6-3-13(4-7-15)20(27-22(29)14-5-8-19(32-2)16(24)11-14)21-18(12-33-21)26-23(30)17-9-10-25-28-17/h3-11,18,20-21H,12H2,1-2H3,(H,25,28)(H,26,30)(H,27,29). The van der Waals surface area contributed by atoms with Gasteiger partial charge in [-0.25, -0.2) is 0 Å². The van der Waals surface area contributed by atoms with Gasteiger partial charge >= 0.3 is 0 Å². The van der Waals surface area contributed by atoms with Crippen LogP contribution in [0.25, 0.3) is 0 Å². The predicted molar refractivity (Wildman–Crippen MR) is 121 cm³/mol. The van der Waals surface area contributed by atoms with Gasteiger partial charge in [0.15, 0.2) is 0 Å². The quantitative estimate of drug-likeness (QED) is 0.466. The Kier molecular flexibility index (Phi) is 6.81. The van der Waals surface area contributed by atoms with Crippen molar-refractivity contribution in [1.82, 2.24) is 20.8 Å². The van der Waals surface area contributed by atoms with Crippen LogP contribution in [0.1, 0.15) is 32.5 Å². The zero-order valence-electron chi connectivity index (χ0n) is 18.0. The molecule has 10 heteroatoms. The number of hydrogen-bond acceptors (Lipinski definition) is 6. The maximum atomic E-state index is 13.1. The third-order valence-electron chi connectivity index (χ3n) is 5.43. The lowest BCUT2D eigenvalue weighted by Gasteiger charge is -2.42. The highest BCUT2D eigenvalue weighted by Gasteiger charge is 2.41. The highest BCUT2D eigenvalue weighted by molar-refractivity contribution is 6.32. The molecule has 0 radical (unpaired) electrons. The van der Waals surface area contributed by atoms with Crippen molar-refractivity contribution in [2.24, 2.45) is 0 Å². The largest absolute Gasteiger partial charge is 0.497 e. The van der Waals surface area contributed by atoms with Crippen LogP contribution in [0.2, 0.25) is 5.02 Å². The van der Waals surface area contributed by atoms with E-state index in [1.54, 1.807) is 43.5 Å². The first-order valence-corrected chi connectivity index (χ1v) is 10.6. The van der Waals surface area contributed by atoms with E-state index in [1.807, 2.05) is 12.1 Å². The molecule has 2 amide bonds. The van der Waals surface area contributed by atoms with Gasteiger partial charge in [-0.1, -0.05) is 23.7 Å². The minimum Gasteiger partial charge on any atom is -0.497 e. The number of nitrogens with zero attached hydrogens (tertiary/aromatic N) is 1. The lowest BCUT2D eigenvalue weighted by atomic mass is 9.92. The first kappa shape index (κ1) is 22.6. The number of carbonyl (C=O) groups excluding carboxylic acids is 2. The van der Waals surface area contributed by atoms with Crippen LogP contribution in [0, 0.1) is 0 Å². The van der Waals surface area contributed by atoms with Crippen LogP contribution in [0.5, 0.6) is 11.5 Å². The average Bonchev–Trinajstić information content (AvgIpc) is 3.36. The third-order valence-corrected chi connectivity index (χ3v) is 5.73. The van der Waals surface area contributed by atoms with Gasteiger partial charge < -0.3 is 24.8 Å². The first-order chi connectivity index (χ1) is 16.0. The van der Waals surface area contributed by atoms with E-state index < -0.39 is 12.1 Å². The molecule has 2 aromatic carbocycles. The Labute approximate surface area is 195 Å². The van der Waals surface area contributed by atoms with Gasteiger partial charge in [0.25, 0.3) is 11.8 Å². The second-order valence-electron chi connectivity index (χ2n) is 7.42. The van der Waals surface area contributed by atoms with Crippen molar-refractivity contribution in [1.29, 1.82) is 0 Å². The van der Waals surface area contributed by atoms with Crippen LogP contribution < -0.4 is 20.1 Å². The highest BCUT2D eigenvalue weighted by atomic mass is 35.5. The maximum absolute atomic E-state index is 13.1. The number of H-pyrrole nitrogens is 1. The van der Waals surface area contributed by atoms with Crippen LogP contribution in [0.15, 0.2) is 54.7 Å². The topological polar surface area (TPSA) is 115 Å². The Balaban J connectivity index is 1.56. The molecule has 3 unspecified atom stereocenters. The number of rotatable bonds is 8. The molecule has 3 aromatic rings. The molecule has 2 heterocycles. The second-order valence-corrected chi connectivity index (χ2v) is 7.83. The van der Waals surface area contributed by atoms with Crippen molar-refractivity contribution in [3.8, 4) is 11.5 Å². The fourth-order valence-corrected chi connectivity index (χ4v) is 3.84. The molecule has 0 bridgehead atoms. The van der Waals surface area contributed by atoms with E-state index in [2.05, 4.69) is 20.8 Å². The van der Waals surface area contributed by atoms with E-state index in [0.29, 0.717) is 34.4 Å². The van der Waals surface area contributed by atoms with E-state index in [0.717, 1.165) is 5.56 Å². The van der Waals surface area contributed by atoms with Crippen LogP contribution >= 0.6 is 11.6 Å². The number of amides is 2. The fraction of sp³-hybridized carbons (Fsp3) is 0.261. The molecular weight excluding hydrogens is 448 g/mol. The molecule has 9 nitrogen and oxygen atoms in total. The smallest absolute Gasteiger partial charge is 0.269 e. The predicted octanol–water partition coefficient (Wildman–Crippen LogP) is 2.75. The molecule has 3 N–H and O–H groups in total. The summed E-state index contributed by atoms with van der Waals surface area (Å²) in [4.78, 5) is 25.5. The minimum absolute atomic E-state index is 0.299. The number of nitrogens with one attached hydrogen (secondary N) is 3. The van der Waals surface area contributed by atoms with Gasteiger partial charge in [0.2, 0.25) is 0 Å². The summed E-state index contributed by atoms with van der Waals surface area (Å²) >= 11 is 6.19. The summed E-state index contributed by atoms with van der Waals surface area (Å²) in [5, 5.41) is 12.7. The summed E-state index contributed by atoms with van der Waals surface area (Å²) in [7, 11) is 3.09. The van der Waals surface area contributed by atoms with Crippen molar-refractivity contribution in [3.05, 3.63) is 76.6 Å². The SMILES string of the molecule is COc1ccc(C(NC(=O)c2ccc(OC)c(Cl)c2)C2OCC2NC(=O)c2ccn[nH]2)cc1. The minimum atomic E-state index is -0.537. The summed E-state index contributed by atoms with van der Waals surface area (Å²) in [5.41, 5.74) is 1.52. The molecule has 1 aliphatic rings. The number of aromatic amines is 1. The lowest BCUT2D eigenvalue weighted by molar-refractivity contribution is -0.101. The zero-order valence-corrected chi connectivity index (χ0v) is 18.8. The molecular formula is C23H23ClN4O5. The van der Waals surface area contributed by atoms with Gasteiger partial charge in [0, 0.05) is 11.8 Å². The number of carbonyl (C=O) groups is 2. The molecule has 0 saturated carbocycles. The van der Waals surface area contributed by atoms with Crippen molar-refractivity contribution in [2.75, 3.05) is 20.8 Å². The zero-order chi connectivity index (χ0) is 23.4. The van der Waals surface area contributed by atoms with Crippen LogP contribution in [0.4, 0.5) is 0 Å². The highest BCUT2D eigenvalue weighted by Crippen LogP contribution is 2.31. The number of hydrogen-bond donors (Lipinski definition) is 3. The van der Waals surface area contributed by atoms with E-state index in [1.165, 1.54) is 13.3 Å². The van der Waals surface area contributed by atoms with Crippen molar-refractivity contribution in [3.63, 3.8) is 0 Å². The van der Waals surface area contributed by atoms with Crippen LogP contribution in [-0.2, 0) is 4.74 Å². The molecule has 1 saturated heterocycles. The van der Waals surface area contributed by atoms with Crippen molar-refractivity contribution in [2.45, 2.75) is 18.2 Å². The summed E-state index contributed by atoms with van der Waals surface area (Å²) in [5.74, 6) is 0.523. The summed E-state index contributed by atoms with van der Waals surface area (Å²) in [6.07, 6.45) is 1.02. The Morgan fingerprint density at radius 2 is 1.91 bits per heavy atom. The normalized spacial score (nSPS) is 18.0. The van der Waals surface area contributed by atoms with Gasteiger partial charge in [-0.15, -0.1) is 0 Å². The number of benzene rings is 2.